The van der Waals surface area contributed by atoms with Crippen molar-refractivity contribution in [1.82, 2.24) is 10.0 Å². The van der Waals surface area contributed by atoms with Gasteiger partial charge in [-0.25, -0.2) is 13.1 Å². The van der Waals surface area contributed by atoms with Gasteiger partial charge in [-0.15, -0.1) is 0 Å². The van der Waals surface area contributed by atoms with E-state index in [9.17, 15) is 8.42 Å². The summed E-state index contributed by atoms with van der Waals surface area (Å²) in [5, 5.41) is 3.29. The van der Waals surface area contributed by atoms with Crippen LogP contribution in [0.4, 0.5) is 0 Å². The zero-order chi connectivity index (χ0) is 13.2. The van der Waals surface area contributed by atoms with Crippen LogP contribution in [0.2, 0.25) is 0 Å². The quantitative estimate of drug-likeness (QED) is 0.871. The van der Waals surface area contributed by atoms with Crippen molar-refractivity contribution >= 4 is 10.0 Å². The van der Waals surface area contributed by atoms with Crippen molar-refractivity contribution in [2.24, 2.45) is 0 Å². The fraction of sp³-hybridized carbons (Fsp3) is 0.538. The van der Waals surface area contributed by atoms with Gasteiger partial charge in [-0.2, -0.15) is 0 Å². The molecule has 2 N–H and O–H groups in total. The normalized spacial score (nSPS) is 25.0. The van der Waals surface area contributed by atoms with Gasteiger partial charge >= 0.3 is 0 Å². The van der Waals surface area contributed by atoms with E-state index in [1.165, 1.54) is 0 Å². The minimum absolute atomic E-state index is 0.0247. The molecule has 1 aromatic carbocycles. The molecule has 0 amide bonds. The zero-order valence-electron chi connectivity index (χ0n) is 10.8. The number of hydrogen-bond acceptors (Lipinski definition) is 3. The first-order valence-corrected chi connectivity index (χ1v) is 7.80. The van der Waals surface area contributed by atoms with Crippen LogP contribution in [0.5, 0.6) is 0 Å². The maximum Gasteiger partial charge on any atom is 0.241 e. The number of aryl methyl sites for hydroxylation is 1. The summed E-state index contributed by atoms with van der Waals surface area (Å²) in [5.41, 5.74) is 0.779. The molecule has 1 aromatic rings. The monoisotopic (exact) mass is 268 g/mol. The van der Waals surface area contributed by atoms with Crippen LogP contribution in [0.1, 0.15) is 25.3 Å². The number of sulfonamides is 1. The van der Waals surface area contributed by atoms with Crippen LogP contribution in [0.3, 0.4) is 0 Å². The first-order valence-electron chi connectivity index (χ1n) is 6.32. The fourth-order valence-corrected chi connectivity index (χ4v) is 3.92. The van der Waals surface area contributed by atoms with Crippen LogP contribution in [-0.4, -0.2) is 27.0 Å². The van der Waals surface area contributed by atoms with Gasteiger partial charge in [0.15, 0.2) is 0 Å². The second-order valence-corrected chi connectivity index (χ2v) is 6.56. The Morgan fingerprint density at radius 1 is 1.33 bits per heavy atom. The Morgan fingerprint density at radius 3 is 2.72 bits per heavy atom. The number of rotatable bonds is 3. The van der Waals surface area contributed by atoms with Crippen LogP contribution in [0, 0.1) is 6.92 Å². The summed E-state index contributed by atoms with van der Waals surface area (Å²) >= 11 is 0. The van der Waals surface area contributed by atoms with Gasteiger partial charge in [-0.05, 0) is 44.9 Å². The van der Waals surface area contributed by atoms with Crippen molar-refractivity contribution in [2.45, 2.75) is 43.7 Å². The lowest BCUT2D eigenvalue weighted by molar-refractivity contribution is 0.349. The molecule has 100 valence electrons. The largest absolute Gasteiger partial charge is 0.313 e. The Balaban J connectivity index is 2.19. The summed E-state index contributed by atoms with van der Waals surface area (Å²) < 4.78 is 27.5. The predicted octanol–water partition coefficient (Wildman–Crippen LogP) is 1.41. The molecule has 18 heavy (non-hydrogen) atoms. The standard InChI is InChI=1S/C13H20N2O2S/c1-10-6-3-4-8-13(10)18(16,17)15-12-7-5-9-14-11(12)2/h3-4,6,8,11-12,14-15H,5,7,9H2,1-2H3. The number of piperidine rings is 1. The highest BCUT2D eigenvalue weighted by Crippen LogP contribution is 2.17. The first-order chi connectivity index (χ1) is 8.50. The van der Waals surface area contributed by atoms with Crippen molar-refractivity contribution in [3.63, 3.8) is 0 Å². The molecule has 5 heteroatoms. The molecule has 2 unspecified atom stereocenters. The third-order valence-corrected chi connectivity index (χ3v) is 5.10. The summed E-state index contributed by atoms with van der Waals surface area (Å²) in [6.07, 6.45) is 1.89. The van der Waals surface area contributed by atoms with Gasteiger partial charge in [-0.3, -0.25) is 0 Å². The van der Waals surface area contributed by atoms with Crippen molar-refractivity contribution < 1.29 is 8.42 Å². The predicted molar refractivity (Wildman–Crippen MR) is 72.0 cm³/mol. The lowest BCUT2D eigenvalue weighted by Gasteiger charge is -2.30. The van der Waals surface area contributed by atoms with Crippen molar-refractivity contribution in [3.05, 3.63) is 29.8 Å². The molecule has 0 aromatic heterocycles. The summed E-state index contributed by atoms with van der Waals surface area (Å²) in [5.74, 6) is 0. The van der Waals surface area contributed by atoms with E-state index in [0.29, 0.717) is 4.90 Å². The zero-order valence-corrected chi connectivity index (χ0v) is 11.6. The molecule has 2 rings (SSSR count). The van der Waals surface area contributed by atoms with Crippen molar-refractivity contribution in [2.75, 3.05) is 6.54 Å². The third-order valence-electron chi connectivity index (χ3n) is 3.45. The second-order valence-electron chi connectivity index (χ2n) is 4.88. The minimum Gasteiger partial charge on any atom is -0.313 e. The topological polar surface area (TPSA) is 58.2 Å². The summed E-state index contributed by atoms with van der Waals surface area (Å²) in [6, 6.07) is 7.22. The van der Waals surface area contributed by atoms with Crippen molar-refractivity contribution in [3.8, 4) is 0 Å². The smallest absolute Gasteiger partial charge is 0.241 e. The highest BCUT2D eigenvalue weighted by molar-refractivity contribution is 7.89. The number of benzene rings is 1. The van der Waals surface area contributed by atoms with E-state index in [-0.39, 0.29) is 12.1 Å². The van der Waals surface area contributed by atoms with Gasteiger partial charge in [-0.1, -0.05) is 18.2 Å². The molecule has 1 saturated heterocycles. The summed E-state index contributed by atoms with van der Waals surface area (Å²) in [6.45, 7) is 4.80. The Morgan fingerprint density at radius 2 is 2.06 bits per heavy atom. The van der Waals surface area contributed by atoms with Crippen LogP contribution in [0.25, 0.3) is 0 Å². The molecular weight excluding hydrogens is 248 g/mol. The SMILES string of the molecule is Cc1ccccc1S(=O)(=O)NC1CCCNC1C. The average molecular weight is 268 g/mol. The molecule has 2 atom stereocenters. The van der Waals surface area contributed by atoms with Gasteiger partial charge in [0.05, 0.1) is 4.90 Å². The molecule has 0 saturated carbocycles. The van der Waals surface area contributed by atoms with Gasteiger partial charge in [0.25, 0.3) is 0 Å². The average Bonchev–Trinajstić information content (AvgIpc) is 2.32. The van der Waals surface area contributed by atoms with E-state index in [0.717, 1.165) is 24.9 Å². The number of hydrogen-bond donors (Lipinski definition) is 2. The highest BCUT2D eigenvalue weighted by Gasteiger charge is 2.27. The molecule has 0 spiro atoms. The molecule has 1 aliphatic heterocycles. The van der Waals surface area contributed by atoms with E-state index in [1.54, 1.807) is 12.1 Å². The Labute approximate surface area is 109 Å². The van der Waals surface area contributed by atoms with E-state index in [4.69, 9.17) is 0 Å². The second kappa shape index (κ2) is 5.38. The molecule has 4 nitrogen and oxygen atoms in total. The molecule has 0 radical (unpaired) electrons. The van der Waals surface area contributed by atoms with Crippen LogP contribution >= 0.6 is 0 Å². The van der Waals surface area contributed by atoms with E-state index < -0.39 is 10.0 Å². The van der Waals surface area contributed by atoms with Crippen molar-refractivity contribution in [1.29, 1.82) is 0 Å². The Bertz CT molecular complexity index is 513. The Kier molecular flexibility index (Phi) is 4.04. The summed E-state index contributed by atoms with van der Waals surface area (Å²) in [7, 11) is -3.41. The van der Waals surface area contributed by atoms with Gasteiger partial charge in [0.2, 0.25) is 10.0 Å². The molecule has 0 bridgehead atoms. The molecule has 1 fully saturated rings. The third kappa shape index (κ3) is 2.91. The summed E-state index contributed by atoms with van der Waals surface area (Å²) in [4.78, 5) is 0.378. The lowest BCUT2D eigenvalue weighted by atomic mass is 10.0. The highest BCUT2D eigenvalue weighted by atomic mass is 32.2. The number of nitrogens with one attached hydrogen (secondary N) is 2. The lowest BCUT2D eigenvalue weighted by Crippen LogP contribution is -2.51. The Hall–Kier alpha value is -0.910. The minimum atomic E-state index is -3.41. The van der Waals surface area contributed by atoms with E-state index in [1.807, 2.05) is 26.0 Å². The van der Waals surface area contributed by atoms with Gasteiger partial charge in [0, 0.05) is 12.1 Å². The van der Waals surface area contributed by atoms with E-state index >= 15 is 0 Å². The maximum absolute atomic E-state index is 12.3. The maximum atomic E-state index is 12.3. The van der Waals surface area contributed by atoms with Gasteiger partial charge < -0.3 is 5.32 Å². The first kappa shape index (κ1) is 13.5. The van der Waals surface area contributed by atoms with E-state index in [2.05, 4.69) is 10.0 Å². The molecule has 1 heterocycles. The molecular formula is C13H20N2O2S. The van der Waals surface area contributed by atoms with Crippen LogP contribution in [0.15, 0.2) is 29.2 Å². The van der Waals surface area contributed by atoms with Crippen LogP contribution in [-0.2, 0) is 10.0 Å². The molecule has 1 aliphatic rings. The van der Waals surface area contributed by atoms with Gasteiger partial charge in [0.1, 0.15) is 0 Å². The molecule has 0 aliphatic carbocycles. The fourth-order valence-electron chi connectivity index (χ4n) is 2.33. The van der Waals surface area contributed by atoms with Crippen LogP contribution < -0.4 is 10.0 Å².